The highest BCUT2D eigenvalue weighted by Crippen LogP contribution is 2.14. The molecule has 1 unspecified atom stereocenters. The average Bonchev–Trinajstić information content (AvgIpc) is 2.91. The highest BCUT2D eigenvalue weighted by atomic mass is 15.2. The van der Waals surface area contributed by atoms with Crippen molar-refractivity contribution in [2.75, 3.05) is 39.3 Å². The highest BCUT2D eigenvalue weighted by Gasteiger charge is 2.22. The molecule has 2 heterocycles. The summed E-state index contributed by atoms with van der Waals surface area (Å²) in [4.78, 5) is 5.27. The Bertz CT molecular complexity index is 240. The molecule has 0 aromatic rings. The highest BCUT2D eigenvalue weighted by molar-refractivity contribution is 4.81. The van der Waals surface area contributed by atoms with Crippen LogP contribution < -0.4 is 5.32 Å². The average molecular weight is 267 g/mol. The van der Waals surface area contributed by atoms with Gasteiger partial charge in [0.25, 0.3) is 0 Å². The summed E-state index contributed by atoms with van der Waals surface area (Å²) in [5, 5.41) is 3.80. The lowest BCUT2D eigenvalue weighted by Crippen LogP contribution is -2.47. The van der Waals surface area contributed by atoms with E-state index in [4.69, 9.17) is 0 Å². The number of hydrogen-bond donors (Lipinski definition) is 1. The maximum atomic E-state index is 3.80. The molecule has 0 aliphatic carbocycles. The fraction of sp³-hybridized carbons (Fsp3) is 1.00. The van der Waals surface area contributed by atoms with Gasteiger partial charge in [0, 0.05) is 25.2 Å². The third kappa shape index (κ3) is 5.05. The van der Waals surface area contributed by atoms with E-state index in [1.807, 2.05) is 0 Å². The topological polar surface area (TPSA) is 18.5 Å². The monoisotopic (exact) mass is 267 g/mol. The lowest BCUT2D eigenvalue weighted by Gasteiger charge is -2.34. The number of likely N-dealkylation sites (tertiary alicyclic amines) is 2. The molecule has 112 valence electrons. The SMILES string of the molecule is CC(C)CN1CCC(NCC(C)N2CCCC2)CC1. The predicted molar refractivity (Wildman–Crippen MR) is 82.6 cm³/mol. The first kappa shape index (κ1) is 15.3. The Hall–Kier alpha value is -0.120. The molecule has 0 aromatic heterocycles. The summed E-state index contributed by atoms with van der Waals surface area (Å²) in [6.07, 6.45) is 5.47. The molecule has 0 aromatic carbocycles. The number of nitrogens with one attached hydrogen (secondary N) is 1. The van der Waals surface area contributed by atoms with Crippen molar-refractivity contribution in [2.24, 2.45) is 5.92 Å². The number of rotatable bonds is 6. The molecule has 0 radical (unpaired) electrons. The van der Waals surface area contributed by atoms with Gasteiger partial charge >= 0.3 is 0 Å². The molecule has 0 bridgehead atoms. The van der Waals surface area contributed by atoms with E-state index in [0.29, 0.717) is 0 Å². The van der Waals surface area contributed by atoms with Crippen LogP contribution in [0.4, 0.5) is 0 Å². The Morgan fingerprint density at radius 1 is 1.00 bits per heavy atom. The zero-order valence-corrected chi connectivity index (χ0v) is 13.2. The summed E-state index contributed by atoms with van der Waals surface area (Å²) in [6.45, 7) is 14.7. The standard InChI is InChI=1S/C16H33N3/c1-14(2)13-18-10-6-16(7-11-18)17-12-15(3)19-8-4-5-9-19/h14-17H,4-13H2,1-3H3. The van der Waals surface area contributed by atoms with Gasteiger partial charge in [-0.15, -0.1) is 0 Å². The largest absolute Gasteiger partial charge is 0.312 e. The fourth-order valence-electron chi connectivity index (χ4n) is 3.48. The molecule has 2 aliphatic heterocycles. The van der Waals surface area contributed by atoms with E-state index in [-0.39, 0.29) is 0 Å². The summed E-state index contributed by atoms with van der Waals surface area (Å²) in [5.74, 6) is 0.805. The normalized spacial score (nSPS) is 25.3. The van der Waals surface area contributed by atoms with Crippen molar-refractivity contribution in [2.45, 2.75) is 58.5 Å². The Morgan fingerprint density at radius 2 is 1.63 bits per heavy atom. The molecule has 0 saturated carbocycles. The van der Waals surface area contributed by atoms with Crippen molar-refractivity contribution in [3.05, 3.63) is 0 Å². The summed E-state index contributed by atoms with van der Waals surface area (Å²) in [5.41, 5.74) is 0. The van der Waals surface area contributed by atoms with Crippen LogP contribution in [0, 0.1) is 5.92 Å². The second-order valence-corrected chi connectivity index (χ2v) is 6.97. The molecule has 3 nitrogen and oxygen atoms in total. The van der Waals surface area contributed by atoms with Gasteiger partial charge in [-0.3, -0.25) is 4.90 Å². The van der Waals surface area contributed by atoms with Crippen LogP contribution in [0.25, 0.3) is 0 Å². The summed E-state index contributed by atoms with van der Waals surface area (Å²) >= 11 is 0. The second kappa shape index (κ2) is 7.61. The maximum absolute atomic E-state index is 3.80. The Kier molecular flexibility index (Phi) is 6.11. The van der Waals surface area contributed by atoms with E-state index < -0.39 is 0 Å². The molecule has 1 atom stereocenters. The molecule has 19 heavy (non-hydrogen) atoms. The van der Waals surface area contributed by atoms with Gasteiger partial charge in [0.2, 0.25) is 0 Å². The smallest absolute Gasteiger partial charge is 0.0192 e. The zero-order valence-electron chi connectivity index (χ0n) is 13.2. The van der Waals surface area contributed by atoms with Crippen LogP contribution in [-0.4, -0.2) is 61.2 Å². The van der Waals surface area contributed by atoms with Crippen LogP contribution >= 0.6 is 0 Å². The minimum atomic E-state index is 0.719. The van der Waals surface area contributed by atoms with Gasteiger partial charge in [-0.05, 0) is 64.7 Å². The Balaban J connectivity index is 1.60. The number of hydrogen-bond acceptors (Lipinski definition) is 3. The van der Waals surface area contributed by atoms with Crippen LogP contribution in [-0.2, 0) is 0 Å². The third-order valence-corrected chi connectivity index (χ3v) is 4.68. The lowest BCUT2D eigenvalue weighted by atomic mass is 10.0. The van der Waals surface area contributed by atoms with Gasteiger partial charge < -0.3 is 10.2 Å². The van der Waals surface area contributed by atoms with Gasteiger partial charge in [-0.2, -0.15) is 0 Å². The van der Waals surface area contributed by atoms with Crippen LogP contribution in [0.3, 0.4) is 0 Å². The number of nitrogens with zero attached hydrogens (tertiary/aromatic N) is 2. The van der Waals surface area contributed by atoms with Crippen molar-refractivity contribution >= 4 is 0 Å². The molecular weight excluding hydrogens is 234 g/mol. The molecule has 2 saturated heterocycles. The molecule has 2 aliphatic rings. The summed E-state index contributed by atoms with van der Waals surface area (Å²) < 4.78 is 0. The third-order valence-electron chi connectivity index (χ3n) is 4.68. The van der Waals surface area contributed by atoms with E-state index in [9.17, 15) is 0 Å². The summed E-state index contributed by atoms with van der Waals surface area (Å²) in [6, 6.07) is 1.48. The Morgan fingerprint density at radius 3 is 2.21 bits per heavy atom. The van der Waals surface area contributed by atoms with Crippen LogP contribution in [0.5, 0.6) is 0 Å². The first-order valence-electron chi connectivity index (χ1n) is 8.35. The minimum absolute atomic E-state index is 0.719. The Labute approximate surface area is 119 Å². The van der Waals surface area contributed by atoms with Gasteiger partial charge in [-0.1, -0.05) is 13.8 Å². The van der Waals surface area contributed by atoms with Gasteiger partial charge in [0.15, 0.2) is 0 Å². The van der Waals surface area contributed by atoms with Gasteiger partial charge in [-0.25, -0.2) is 0 Å². The zero-order chi connectivity index (χ0) is 13.7. The van der Waals surface area contributed by atoms with E-state index in [2.05, 4.69) is 35.9 Å². The van der Waals surface area contributed by atoms with E-state index in [0.717, 1.165) is 18.0 Å². The van der Waals surface area contributed by atoms with Crippen LogP contribution in [0.15, 0.2) is 0 Å². The van der Waals surface area contributed by atoms with E-state index >= 15 is 0 Å². The van der Waals surface area contributed by atoms with Crippen molar-refractivity contribution in [3.63, 3.8) is 0 Å². The van der Waals surface area contributed by atoms with Gasteiger partial charge in [0.05, 0.1) is 0 Å². The van der Waals surface area contributed by atoms with Crippen LogP contribution in [0.2, 0.25) is 0 Å². The molecule has 0 amide bonds. The quantitative estimate of drug-likeness (QED) is 0.796. The molecular formula is C16H33N3. The minimum Gasteiger partial charge on any atom is -0.312 e. The maximum Gasteiger partial charge on any atom is 0.0192 e. The fourth-order valence-corrected chi connectivity index (χ4v) is 3.48. The first-order valence-corrected chi connectivity index (χ1v) is 8.35. The molecule has 2 fully saturated rings. The molecule has 1 N–H and O–H groups in total. The molecule has 2 rings (SSSR count). The van der Waals surface area contributed by atoms with E-state index in [1.165, 1.54) is 65.0 Å². The van der Waals surface area contributed by atoms with Crippen LogP contribution in [0.1, 0.15) is 46.5 Å². The van der Waals surface area contributed by atoms with Crippen molar-refractivity contribution in [1.29, 1.82) is 0 Å². The number of piperidine rings is 1. The van der Waals surface area contributed by atoms with Gasteiger partial charge in [0.1, 0.15) is 0 Å². The summed E-state index contributed by atoms with van der Waals surface area (Å²) in [7, 11) is 0. The second-order valence-electron chi connectivity index (χ2n) is 6.97. The van der Waals surface area contributed by atoms with Crippen molar-refractivity contribution in [1.82, 2.24) is 15.1 Å². The van der Waals surface area contributed by atoms with E-state index in [1.54, 1.807) is 0 Å². The van der Waals surface area contributed by atoms with Crippen molar-refractivity contribution in [3.8, 4) is 0 Å². The molecule has 0 spiro atoms. The lowest BCUT2D eigenvalue weighted by molar-refractivity contribution is 0.171. The first-order chi connectivity index (χ1) is 9.15. The predicted octanol–water partition coefficient (Wildman–Crippen LogP) is 2.18. The molecule has 3 heteroatoms. The van der Waals surface area contributed by atoms with Crippen molar-refractivity contribution < 1.29 is 0 Å².